The molecule has 0 aliphatic rings. The lowest BCUT2D eigenvalue weighted by Gasteiger charge is -2.05. The Bertz CT molecular complexity index is 460. The predicted octanol–water partition coefficient (Wildman–Crippen LogP) is 2.63. The van der Waals surface area contributed by atoms with Gasteiger partial charge >= 0.3 is 0 Å². The van der Waals surface area contributed by atoms with Crippen molar-refractivity contribution in [2.45, 2.75) is 13.8 Å². The first-order chi connectivity index (χ1) is 6.66. The summed E-state index contributed by atoms with van der Waals surface area (Å²) in [7, 11) is 0. The molecule has 0 atom stereocenters. The lowest BCUT2D eigenvalue weighted by Crippen LogP contribution is -1.98. The number of nitrogens with zero attached hydrogens (tertiary/aromatic N) is 2. The molecule has 0 saturated heterocycles. The molecule has 72 valence electrons. The molecule has 14 heavy (non-hydrogen) atoms. The summed E-state index contributed by atoms with van der Waals surface area (Å²) in [5, 5.41) is 4.23. The van der Waals surface area contributed by atoms with Crippen molar-refractivity contribution in [2.24, 2.45) is 0 Å². The number of rotatable bonds is 1. The molecule has 0 aliphatic carbocycles. The van der Waals surface area contributed by atoms with Crippen molar-refractivity contribution in [3.05, 3.63) is 47.5 Å². The van der Waals surface area contributed by atoms with Crippen molar-refractivity contribution in [3.8, 4) is 5.69 Å². The largest absolute Gasteiger partial charge is 0.240 e. The second kappa shape index (κ2) is 3.25. The third-order valence-corrected chi connectivity index (χ3v) is 2.14. The summed E-state index contributed by atoms with van der Waals surface area (Å²) in [5.74, 6) is -0.237. The molecule has 0 saturated carbocycles. The van der Waals surface area contributed by atoms with Crippen molar-refractivity contribution < 1.29 is 4.39 Å². The summed E-state index contributed by atoms with van der Waals surface area (Å²) >= 11 is 0. The zero-order valence-corrected chi connectivity index (χ0v) is 8.16. The highest BCUT2D eigenvalue weighted by atomic mass is 19.1. The third kappa shape index (κ3) is 1.53. The van der Waals surface area contributed by atoms with E-state index in [-0.39, 0.29) is 5.82 Å². The molecule has 0 spiro atoms. The van der Waals surface area contributed by atoms with Gasteiger partial charge in [0, 0.05) is 6.20 Å². The number of hydrogen-bond donors (Lipinski definition) is 0. The van der Waals surface area contributed by atoms with Crippen LogP contribution >= 0.6 is 0 Å². The fraction of sp³-hybridized carbons (Fsp3) is 0.182. The molecule has 0 N–H and O–H groups in total. The highest BCUT2D eigenvalue weighted by molar-refractivity contribution is 5.39. The Morgan fingerprint density at radius 1 is 1.21 bits per heavy atom. The molecule has 1 aromatic heterocycles. The molecule has 0 aliphatic heterocycles. The second-order valence-electron chi connectivity index (χ2n) is 3.33. The minimum atomic E-state index is -0.237. The molecule has 3 heteroatoms. The number of aromatic nitrogens is 2. The molecule has 1 heterocycles. The zero-order valence-electron chi connectivity index (χ0n) is 8.16. The van der Waals surface area contributed by atoms with Crippen LogP contribution in [0.25, 0.3) is 5.69 Å². The normalized spacial score (nSPS) is 10.5. The molecule has 0 amide bonds. The number of benzene rings is 1. The van der Waals surface area contributed by atoms with Gasteiger partial charge in [-0.2, -0.15) is 5.10 Å². The van der Waals surface area contributed by atoms with E-state index in [1.165, 1.54) is 12.1 Å². The molecule has 0 bridgehead atoms. The molecular formula is C11H11FN2. The van der Waals surface area contributed by atoms with Crippen LogP contribution in [-0.2, 0) is 0 Å². The van der Waals surface area contributed by atoms with E-state index in [0.717, 1.165) is 16.9 Å². The van der Waals surface area contributed by atoms with Gasteiger partial charge in [0.25, 0.3) is 0 Å². The van der Waals surface area contributed by atoms with Crippen molar-refractivity contribution >= 4 is 0 Å². The first-order valence-electron chi connectivity index (χ1n) is 4.45. The average molecular weight is 190 g/mol. The highest BCUT2D eigenvalue weighted by Crippen LogP contribution is 2.14. The van der Waals surface area contributed by atoms with Crippen molar-refractivity contribution in [2.75, 3.05) is 0 Å². The average Bonchev–Trinajstić information content (AvgIpc) is 2.56. The van der Waals surface area contributed by atoms with E-state index in [1.54, 1.807) is 10.7 Å². The Kier molecular flexibility index (Phi) is 2.08. The lowest BCUT2D eigenvalue weighted by molar-refractivity contribution is 0.624. The van der Waals surface area contributed by atoms with Gasteiger partial charge in [0.15, 0.2) is 0 Å². The maximum Gasteiger partial charge on any atom is 0.125 e. The van der Waals surface area contributed by atoms with Gasteiger partial charge in [0.2, 0.25) is 0 Å². The Labute approximate surface area is 82.0 Å². The molecule has 0 radical (unpaired) electrons. The van der Waals surface area contributed by atoms with E-state index in [9.17, 15) is 4.39 Å². The van der Waals surface area contributed by atoms with Crippen LogP contribution in [-0.4, -0.2) is 9.78 Å². The van der Waals surface area contributed by atoms with Crippen molar-refractivity contribution in [1.29, 1.82) is 0 Å². The molecule has 2 nitrogen and oxygen atoms in total. The standard InChI is InChI=1S/C11H11FN2/c1-8-3-4-10(12)7-11(8)14-6-5-9(2)13-14/h3-7H,1-2H3. The molecule has 0 unspecified atom stereocenters. The number of halogens is 1. The zero-order chi connectivity index (χ0) is 10.1. The molecule has 0 fully saturated rings. The Hall–Kier alpha value is -1.64. The van der Waals surface area contributed by atoms with Gasteiger partial charge in [-0.25, -0.2) is 9.07 Å². The van der Waals surface area contributed by atoms with E-state index >= 15 is 0 Å². The van der Waals surface area contributed by atoms with Crippen LogP contribution in [0, 0.1) is 19.7 Å². The summed E-state index contributed by atoms with van der Waals surface area (Å²) < 4.78 is 14.7. The van der Waals surface area contributed by atoms with E-state index in [0.29, 0.717) is 0 Å². The van der Waals surface area contributed by atoms with Gasteiger partial charge in [-0.15, -0.1) is 0 Å². The van der Waals surface area contributed by atoms with E-state index in [2.05, 4.69) is 5.10 Å². The molecular weight excluding hydrogens is 179 g/mol. The predicted molar refractivity (Wildman–Crippen MR) is 53.0 cm³/mol. The highest BCUT2D eigenvalue weighted by Gasteiger charge is 2.03. The number of hydrogen-bond acceptors (Lipinski definition) is 1. The van der Waals surface area contributed by atoms with Gasteiger partial charge in [0.05, 0.1) is 11.4 Å². The Morgan fingerprint density at radius 3 is 2.64 bits per heavy atom. The van der Waals surface area contributed by atoms with Crippen molar-refractivity contribution in [3.63, 3.8) is 0 Å². The lowest BCUT2D eigenvalue weighted by atomic mass is 10.2. The summed E-state index contributed by atoms with van der Waals surface area (Å²) in [4.78, 5) is 0. The van der Waals surface area contributed by atoms with Crippen LogP contribution in [0.5, 0.6) is 0 Å². The van der Waals surface area contributed by atoms with Crippen LogP contribution in [0.1, 0.15) is 11.3 Å². The first-order valence-corrected chi connectivity index (χ1v) is 4.45. The second-order valence-corrected chi connectivity index (χ2v) is 3.33. The minimum absolute atomic E-state index is 0.237. The quantitative estimate of drug-likeness (QED) is 0.676. The third-order valence-electron chi connectivity index (χ3n) is 2.14. The fourth-order valence-electron chi connectivity index (χ4n) is 1.38. The first kappa shape index (κ1) is 8.94. The van der Waals surface area contributed by atoms with Gasteiger partial charge in [-0.05, 0) is 37.6 Å². The fourth-order valence-corrected chi connectivity index (χ4v) is 1.38. The Balaban J connectivity index is 2.55. The summed E-state index contributed by atoms with van der Waals surface area (Å²) in [5.41, 5.74) is 2.72. The topological polar surface area (TPSA) is 17.8 Å². The van der Waals surface area contributed by atoms with Crippen LogP contribution < -0.4 is 0 Å². The summed E-state index contributed by atoms with van der Waals surface area (Å²) in [6.07, 6.45) is 1.83. The van der Waals surface area contributed by atoms with E-state index in [1.807, 2.05) is 26.1 Å². The summed E-state index contributed by atoms with van der Waals surface area (Å²) in [6.45, 7) is 3.84. The van der Waals surface area contributed by atoms with E-state index < -0.39 is 0 Å². The van der Waals surface area contributed by atoms with Crippen LogP contribution in [0.2, 0.25) is 0 Å². The van der Waals surface area contributed by atoms with Crippen molar-refractivity contribution in [1.82, 2.24) is 9.78 Å². The van der Waals surface area contributed by atoms with Gasteiger partial charge < -0.3 is 0 Å². The van der Waals surface area contributed by atoms with Gasteiger partial charge in [-0.1, -0.05) is 6.07 Å². The molecule has 1 aromatic carbocycles. The maximum atomic E-state index is 13.0. The minimum Gasteiger partial charge on any atom is -0.240 e. The maximum absolute atomic E-state index is 13.0. The Morgan fingerprint density at radius 2 is 2.00 bits per heavy atom. The van der Waals surface area contributed by atoms with Crippen LogP contribution in [0.3, 0.4) is 0 Å². The molecule has 2 aromatic rings. The van der Waals surface area contributed by atoms with Gasteiger partial charge in [-0.3, -0.25) is 0 Å². The molecule has 2 rings (SSSR count). The van der Waals surface area contributed by atoms with Crippen LogP contribution in [0.4, 0.5) is 4.39 Å². The van der Waals surface area contributed by atoms with Gasteiger partial charge in [0.1, 0.15) is 5.82 Å². The smallest absolute Gasteiger partial charge is 0.125 e. The number of aryl methyl sites for hydroxylation is 2. The SMILES string of the molecule is Cc1ccn(-c2cc(F)ccc2C)n1. The monoisotopic (exact) mass is 190 g/mol. The van der Waals surface area contributed by atoms with Crippen LogP contribution in [0.15, 0.2) is 30.5 Å². The van der Waals surface area contributed by atoms with E-state index in [4.69, 9.17) is 0 Å². The summed E-state index contributed by atoms with van der Waals surface area (Å²) in [6, 6.07) is 6.59.